The molecular weight excluding hydrogens is 280 g/mol. The molecule has 0 aromatic carbocycles. The highest BCUT2D eigenvalue weighted by Crippen LogP contribution is 2.48. The summed E-state index contributed by atoms with van der Waals surface area (Å²) in [5.74, 6) is 0.676. The predicted molar refractivity (Wildman–Crippen MR) is 86.7 cm³/mol. The highest BCUT2D eigenvalue weighted by Gasteiger charge is 2.42. The van der Waals surface area contributed by atoms with E-state index in [2.05, 4.69) is 29.6 Å². The molecule has 22 heavy (non-hydrogen) atoms. The van der Waals surface area contributed by atoms with E-state index in [1.807, 2.05) is 27.8 Å². The van der Waals surface area contributed by atoms with Crippen LogP contribution in [0.1, 0.15) is 53.0 Å². The highest BCUT2D eigenvalue weighted by atomic mass is 16.6. The van der Waals surface area contributed by atoms with Gasteiger partial charge in [0.15, 0.2) is 0 Å². The van der Waals surface area contributed by atoms with E-state index in [1.54, 1.807) is 10.9 Å². The molecule has 1 fully saturated rings. The van der Waals surface area contributed by atoms with Crippen molar-refractivity contribution in [3.05, 3.63) is 11.8 Å². The Balaban J connectivity index is 1.97. The summed E-state index contributed by atoms with van der Waals surface area (Å²) in [6, 6.07) is 0.446. The maximum atomic E-state index is 11.9. The molecule has 1 aromatic heterocycles. The van der Waals surface area contributed by atoms with Gasteiger partial charge in [-0.2, -0.15) is 5.10 Å². The second-order valence-corrected chi connectivity index (χ2v) is 7.53. The van der Waals surface area contributed by atoms with Gasteiger partial charge in [0.1, 0.15) is 11.4 Å². The zero-order valence-corrected chi connectivity index (χ0v) is 14.5. The first-order chi connectivity index (χ1) is 10.1. The molecule has 1 aliphatic rings. The van der Waals surface area contributed by atoms with Gasteiger partial charge in [-0.05, 0) is 46.0 Å². The lowest BCUT2D eigenvalue weighted by atomic mass is 10.0. The van der Waals surface area contributed by atoms with Crippen LogP contribution in [0.15, 0.2) is 6.20 Å². The first-order valence-electron chi connectivity index (χ1n) is 7.85. The summed E-state index contributed by atoms with van der Waals surface area (Å²) in [5, 5.41) is 10.6. The van der Waals surface area contributed by atoms with Crippen LogP contribution in [0.3, 0.4) is 0 Å². The van der Waals surface area contributed by atoms with Crippen molar-refractivity contribution in [3.63, 3.8) is 0 Å². The Kier molecular flexibility index (Phi) is 4.52. The van der Waals surface area contributed by atoms with Gasteiger partial charge >= 0.3 is 6.09 Å². The fourth-order valence-corrected chi connectivity index (χ4v) is 2.31. The van der Waals surface area contributed by atoms with Crippen LogP contribution in [0, 0.1) is 5.41 Å². The van der Waals surface area contributed by atoms with E-state index in [1.165, 1.54) is 12.8 Å². The van der Waals surface area contributed by atoms with Crippen LogP contribution < -0.4 is 10.6 Å². The number of rotatable bonds is 5. The van der Waals surface area contributed by atoms with E-state index in [-0.39, 0.29) is 0 Å². The predicted octanol–water partition coefficient (Wildman–Crippen LogP) is 3.05. The van der Waals surface area contributed by atoms with Gasteiger partial charge in [-0.25, -0.2) is 4.79 Å². The Morgan fingerprint density at radius 2 is 2.14 bits per heavy atom. The molecule has 2 N–H and O–H groups in total. The summed E-state index contributed by atoms with van der Waals surface area (Å²) in [6.45, 7) is 10.7. The van der Waals surface area contributed by atoms with Crippen LogP contribution in [0.25, 0.3) is 0 Å². The van der Waals surface area contributed by atoms with Gasteiger partial charge in [-0.1, -0.05) is 6.92 Å². The van der Waals surface area contributed by atoms with Crippen molar-refractivity contribution in [2.45, 2.75) is 65.6 Å². The summed E-state index contributed by atoms with van der Waals surface area (Å²) in [7, 11) is 1.81. The average molecular weight is 308 g/mol. The largest absolute Gasteiger partial charge is 0.444 e. The Bertz CT molecular complexity index is 541. The molecule has 6 nitrogen and oxygen atoms in total. The van der Waals surface area contributed by atoms with Gasteiger partial charge in [-0.15, -0.1) is 0 Å². The maximum absolute atomic E-state index is 11.9. The SMILES string of the molecule is CC(NCc1cnn(C)c1NC(=O)OC(C)(C)C)C1(C)CC1. The normalized spacial score (nSPS) is 17.9. The van der Waals surface area contributed by atoms with Crippen molar-refractivity contribution in [3.8, 4) is 0 Å². The van der Waals surface area contributed by atoms with Crippen molar-refractivity contribution in [2.24, 2.45) is 12.5 Å². The molecule has 0 aliphatic heterocycles. The monoisotopic (exact) mass is 308 g/mol. The molecule has 2 rings (SSSR count). The lowest BCUT2D eigenvalue weighted by Gasteiger charge is -2.21. The molecule has 1 atom stereocenters. The lowest BCUT2D eigenvalue weighted by molar-refractivity contribution is 0.0634. The molecular formula is C16H28N4O2. The van der Waals surface area contributed by atoms with Crippen LogP contribution in [0.2, 0.25) is 0 Å². The summed E-state index contributed by atoms with van der Waals surface area (Å²) in [6.07, 6.45) is 3.87. The van der Waals surface area contributed by atoms with Crippen LogP contribution >= 0.6 is 0 Å². The molecule has 0 spiro atoms. The molecule has 0 saturated heterocycles. The number of nitrogens with zero attached hydrogens (tertiary/aromatic N) is 2. The molecule has 1 saturated carbocycles. The third-order valence-corrected chi connectivity index (χ3v) is 4.32. The third kappa shape index (κ3) is 4.22. The summed E-state index contributed by atoms with van der Waals surface area (Å²) < 4.78 is 6.96. The molecule has 6 heteroatoms. The molecule has 1 unspecified atom stereocenters. The Morgan fingerprint density at radius 1 is 1.50 bits per heavy atom. The third-order valence-electron chi connectivity index (χ3n) is 4.32. The topological polar surface area (TPSA) is 68.2 Å². The van der Waals surface area contributed by atoms with Gasteiger partial charge in [0.2, 0.25) is 0 Å². The van der Waals surface area contributed by atoms with E-state index in [4.69, 9.17) is 4.74 Å². The maximum Gasteiger partial charge on any atom is 0.413 e. The van der Waals surface area contributed by atoms with Gasteiger partial charge in [0.25, 0.3) is 0 Å². The Hall–Kier alpha value is -1.56. The van der Waals surface area contributed by atoms with Crippen molar-refractivity contribution in [2.75, 3.05) is 5.32 Å². The van der Waals surface area contributed by atoms with Gasteiger partial charge in [0.05, 0.1) is 6.20 Å². The van der Waals surface area contributed by atoms with Crippen molar-refractivity contribution in [1.29, 1.82) is 0 Å². The smallest absolute Gasteiger partial charge is 0.413 e. The van der Waals surface area contributed by atoms with Crippen molar-refractivity contribution in [1.82, 2.24) is 15.1 Å². The van der Waals surface area contributed by atoms with Gasteiger partial charge in [0, 0.05) is 25.2 Å². The minimum Gasteiger partial charge on any atom is -0.444 e. The molecule has 124 valence electrons. The minimum absolute atomic E-state index is 0.418. The molecule has 1 aromatic rings. The van der Waals surface area contributed by atoms with E-state index < -0.39 is 11.7 Å². The van der Waals surface area contributed by atoms with Gasteiger partial charge < -0.3 is 10.1 Å². The van der Waals surface area contributed by atoms with Crippen molar-refractivity contribution >= 4 is 11.9 Å². The zero-order valence-electron chi connectivity index (χ0n) is 14.5. The molecule has 0 radical (unpaired) electrons. The Morgan fingerprint density at radius 3 is 2.68 bits per heavy atom. The molecule has 1 heterocycles. The van der Waals surface area contributed by atoms with Crippen LogP contribution in [0.5, 0.6) is 0 Å². The number of hydrogen-bond acceptors (Lipinski definition) is 4. The summed E-state index contributed by atoms with van der Waals surface area (Å²) >= 11 is 0. The lowest BCUT2D eigenvalue weighted by Crippen LogP contribution is -2.33. The minimum atomic E-state index is -0.518. The fraction of sp³-hybridized carbons (Fsp3) is 0.750. The quantitative estimate of drug-likeness (QED) is 0.877. The van der Waals surface area contributed by atoms with Gasteiger partial charge in [-0.3, -0.25) is 10.00 Å². The van der Waals surface area contributed by atoms with Crippen LogP contribution in [0.4, 0.5) is 10.6 Å². The highest BCUT2D eigenvalue weighted by molar-refractivity contribution is 5.84. The van der Waals surface area contributed by atoms with Crippen LogP contribution in [-0.4, -0.2) is 27.5 Å². The van der Waals surface area contributed by atoms with E-state index in [0.29, 0.717) is 23.8 Å². The number of aromatic nitrogens is 2. The number of carbonyl (C=O) groups is 1. The van der Waals surface area contributed by atoms with E-state index >= 15 is 0 Å². The first-order valence-corrected chi connectivity index (χ1v) is 7.85. The number of aryl methyl sites for hydroxylation is 1. The number of nitrogens with one attached hydrogen (secondary N) is 2. The molecule has 1 amide bonds. The number of ether oxygens (including phenoxy) is 1. The number of anilines is 1. The Labute approximate surface area is 132 Å². The molecule has 0 bridgehead atoms. The number of amides is 1. The molecule has 1 aliphatic carbocycles. The zero-order chi connectivity index (χ0) is 16.5. The van der Waals surface area contributed by atoms with E-state index in [0.717, 1.165) is 5.56 Å². The second-order valence-electron chi connectivity index (χ2n) is 7.53. The number of hydrogen-bond donors (Lipinski definition) is 2. The summed E-state index contributed by atoms with van der Waals surface area (Å²) in [4.78, 5) is 11.9. The van der Waals surface area contributed by atoms with E-state index in [9.17, 15) is 4.79 Å². The standard InChI is InChI=1S/C16H28N4O2/c1-11(16(5)7-8-16)17-9-12-10-18-20(6)13(12)19-14(21)22-15(2,3)4/h10-11,17H,7-9H2,1-6H3,(H,19,21). The first kappa shape index (κ1) is 16.8. The number of carbonyl (C=O) groups excluding carboxylic acids is 1. The second kappa shape index (κ2) is 5.91. The van der Waals surface area contributed by atoms with Crippen LogP contribution in [-0.2, 0) is 18.3 Å². The summed E-state index contributed by atoms with van der Waals surface area (Å²) in [5.41, 5.74) is 0.862. The van der Waals surface area contributed by atoms with Crippen molar-refractivity contribution < 1.29 is 9.53 Å². The fourth-order valence-electron chi connectivity index (χ4n) is 2.31. The average Bonchev–Trinajstić information content (AvgIpc) is 3.04.